The van der Waals surface area contributed by atoms with E-state index in [1.165, 1.54) is 15.7 Å². The first-order chi connectivity index (χ1) is 15.0. The van der Waals surface area contributed by atoms with Gasteiger partial charge in [0.05, 0.1) is 6.26 Å². The fourth-order valence-corrected chi connectivity index (χ4v) is 4.17. The van der Waals surface area contributed by atoms with E-state index in [1.807, 2.05) is 6.07 Å². The standard InChI is InChI=1S/C21H23N5O5/c22-13-15-16-5-2-1-3-7-25(16)21(30)26(19(15)28)14-18(27)23-8-10-24(11-9-23)20(29)17-6-4-12-31-17/h4,6,12H,1-3,5,7-11,14H2. The van der Waals surface area contributed by atoms with Crippen LogP contribution in [0.4, 0.5) is 0 Å². The molecular formula is C21H23N5O5. The van der Waals surface area contributed by atoms with Gasteiger partial charge in [0, 0.05) is 38.4 Å². The number of hydrogen-bond donors (Lipinski definition) is 0. The highest BCUT2D eigenvalue weighted by Crippen LogP contribution is 2.14. The molecule has 1 fully saturated rings. The minimum atomic E-state index is -0.708. The van der Waals surface area contributed by atoms with Gasteiger partial charge in [0.1, 0.15) is 18.2 Å². The molecule has 4 rings (SSSR count). The van der Waals surface area contributed by atoms with Gasteiger partial charge in [0.25, 0.3) is 11.5 Å². The molecule has 0 unspecified atom stereocenters. The first-order valence-electron chi connectivity index (χ1n) is 10.4. The third kappa shape index (κ3) is 3.91. The Bertz CT molecular complexity index is 1150. The largest absolute Gasteiger partial charge is 0.459 e. The van der Waals surface area contributed by atoms with Crippen molar-refractivity contribution in [1.29, 1.82) is 5.26 Å². The van der Waals surface area contributed by atoms with Crippen LogP contribution in [0.2, 0.25) is 0 Å². The zero-order chi connectivity index (χ0) is 22.0. The number of nitrogens with zero attached hydrogens (tertiary/aromatic N) is 5. The Hall–Kier alpha value is -3.61. The van der Waals surface area contributed by atoms with Crippen LogP contribution in [0, 0.1) is 11.3 Å². The second-order valence-corrected chi connectivity index (χ2v) is 7.72. The monoisotopic (exact) mass is 425 g/mol. The summed E-state index contributed by atoms with van der Waals surface area (Å²) in [7, 11) is 0. The lowest BCUT2D eigenvalue weighted by Crippen LogP contribution is -2.53. The number of amides is 2. The van der Waals surface area contributed by atoms with Crippen molar-refractivity contribution in [2.45, 2.75) is 38.8 Å². The van der Waals surface area contributed by atoms with Crippen molar-refractivity contribution in [1.82, 2.24) is 18.9 Å². The summed E-state index contributed by atoms with van der Waals surface area (Å²) in [4.78, 5) is 54.0. The van der Waals surface area contributed by atoms with E-state index >= 15 is 0 Å². The molecule has 2 amide bonds. The fourth-order valence-electron chi connectivity index (χ4n) is 4.17. The summed E-state index contributed by atoms with van der Waals surface area (Å²) in [5.41, 5.74) is -0.826. The molecule has 2 aromatic rings. The molecule has 0 radical (unpaired) electrons. The van der Waals surface area contributed by atoms with Crippen LogP contribution in [0.25, 0.3) is 0 Å². The predicted molar refractivity (Wildman–Crippen MR) is 108 cm³/mol. The van der Waals surface area contributed by atoms with Crippen LogP contribution in [0.1, 0.15) is 41.1 Å². The number of fused-ring (bicyclic) bond motifs is 1. The molecule has 0 aromatic carbocycles. The van der Waals surface area contributed by atoms with Crippen molar-refractivity contribution in [3.05, 3.63) is 56.3 Å². The smallest absolute Gasteiger partial charge is 0.331 e. The van der Waals surface area contributed by atoms with Gasteiger partial charge in [0.15, 0.2) is 5.76 Å². The van der Waals surface area contributed by atoms with E-state index in [0.717, 1.165) is 23.8 Å². The molecule has 10 nitrogen and oxygen atoms in total. The summed E-state index contributed by atoms with van der Waals surface area (Å²) in [5, 5.41) is 9.50. The van der Waals surface area contributed by atoms with Gasteiger partial charge in [0.2, 0.25) is 5.91 Å². The molecule has 0 aliphatic carbocycles. The normalized spacial score (nSPS) is 16.4. The Morgan fingerprint density at radius 1 is 1.03 bits per heavy atom. The van der Waals surface area contributed by atoms with Crippen molar-refractivity contribution < 1.29 is 14.0 Å². The van der Waals surface area contributed by atoms with E-state index < -0.39 is 17.8 Å². The number of carbonyl (C=O) groups is 2. The third-order valence-electron chi connectivity index (χ3n) is 5.89. The van der Waals surface area contributed by atoms with Crippen LogP contribution in [0.5, 0.6) is 0 Å². The lowest BCUT2D eigenvalue weighted by Gasteiger charge is -2.34. The Labute approximate surface area is 177 Å². The molecule has 0 N–H and O–H groups in total. The van der Waals surface area contributed by atoms with E-state index in [4.69, 9.17) is 4.42 Å². The Kier molecular flexibility index (Phi) is 5.75. The van der Waals surface area contributed by atoms with Crippen LogP contribution in [-0.2, 0) is 24.3 Å². The highest BCUT2D eigenvalue weighted by molar-refractivity contribution is 5.91. The maximum absolute atomic E-state index is 12.9. The molecule has 4 heterocycles. The maximum atomic E-state index is 12.9. The summed E-state index contributed by atoms with van der Waals surface area (Å²) >= 11 is 0. The highest BCUT2D eigenvalue weighted by atomic mass is 16.3. The number of piperazine rings is 1. The minimum absolute atomic E-state index is 0.0526. The van der Waals surface area contributed by atoms with Gasteiger partial charge >= 0.3 is 5.69 Å². The van der Waals surface area contributed by atoms with E-state index in [2.05, 4.69) is 0 Å². The molecule has 2 aliphatic rings. The van der Waals surface area contributed by atoms with Crippen LogP contribution >= 0.6 is 0 Å². The Morgan fingerprint density at radius 2 is 1.77 bits per heavy atom. The summed E-state index contributed by atoms with van der Waals surface area (Å²) in [6.07, 6.45) is 4.46. The average molecular weight is 425 g/mol. The van der Waals surface area contributed by atoms with Gasteiger partial charge in [-0.2, -0.15) is 5.26 Å². The third-order valence-corrected chi connectivity index (χ3v) is 5.89. The molecular weight excluding hydrogens is 402 g/mol. The van der Waals surface area contributed by atoms with Crippen molar-refractivity contribution in [2.24, 2.45) is 0 Å². The van der Waals surface area contributed by atoms with Crippen LogP contribution in [0.15, 0.2) is 32.4 Å². The number of aromatic nitrogens is 2. The van der Waals surface area contributed by atoms with Gasteiger partial charge in [-0.3, -0.25) is 19.0 Å². The Morgan fingerprint density at radius 3 is 2.45 bits per heavy atom. The van der Waals surface area contributed by atoms with E-state index in [0.29, 0.717) is 31.7 Å². The lowest BCUT2D eigenvalue weighted by molar-refractivity contribution is -0.133. The predicted octanol–water partition coefficient (Wildman–Crippen LogP) is 0.186. The number of carbonyl (C=O) groups excluding carboxylic acids is 2. The second-order valence-electron chi connectivity index (χ2n) is 7.72. The SMILES string of the molecule is N#Cc1c2n(c(=O)n(CC(=O)N3CCN(C(=O)c4ccco4)CC3)c1=O)CCCCC2. The minimum Gasteiger partial charge on any atom is -0.459 e. The van der Waals surface area contributed by atoms with Crippen LogP contribution in [-0.4, -0.2) is 56.9 Å². The molecule has 1 saturated heterocycles. The lowest BCUT2D eigenvalue weighted by atomic mass is 10.1. The zero-order valence-corrected chi connectivity index (χ0v) is 17.1. The first kappa shape index (κ1) is 20.7. The van der Waals surface area contributed by atoms with Gasteiger partial charge in [-0.05, 0) is 31.4 Å². The zero-order valence-electron chi connectivity index (χ0n) is 17.1. The van der Waals surface area contributed by atoms with Gasteiger partial charge < -0.3 is 14.2 Å². The number of furan rings is 1. The van der Waals surface area contributed by atoms with Crippen molar-refractivity contribution >= 4 is 11.8 Å². The summed E-state index contributed by atoms with van der Waals surface area (Å²) in [6.45, 7) is 1.25. The van der Waals surface area contributed by atoms with Crippen LogP contribution < -0.4 is 11.2 Å². The molecule has 0 bridgehead atoms. The average Bonchev–Trinajstić information content (AvgIpc) is 3.22. The number of rotatable bonds is 3. The molecule has 2 aromatic heterocycles. The van der Waals surface area contributed by atoms with E-state index in [1.54, 1.807) is 17.0 Å². The number of nitriles is 1. The van der Waals surface area contributed by atoms with Crippen molar-refractivity contribution in [3.8, 4) is 6.07 Å². The van der Waals surface area contributed by atoms with Crippen LogP contribution in [0.3, 0.4) is 0 Å². The van der Waals surface area contributed by atoms with Gasteiger partial charge in [-0.1, -0.05) is 6.42 Å². The molecule has 0 saturated carbocycles. The molecule has 162 valence electrons. The second kappa shape index (κ2) is 8.63. The molecule has 0 spiro atoms. The van der Waals surface area contributed by atoms with E-state index in [-0.39, 0.29) is 36.2 Å². The van der Waals surface area contributed by atoms with Crippen molar-refractivity contribution in [3.63, 3.8) is 0 Å². The topological polar surface area (TPSA) is 122 Å². The van der Waals surface area contributed by atoms with Gasteiger partial charge in [-0.15, -0.1) is 0 Å². The van der Waals surface area contributed by atoms with E-state index in [9.17, 15) is 24.4 Å². The summed E-state index contributed by atoms with van der Waals surface area (Å²) in [5.74, 6) is -0.383. The highest BCUT2D eigenvalue weighted by Gasteiger charge is 2.28. The quantitative estimate of drug-likeness (QED) is 0.692. The maximum Gasteiger partial charge on any atom is 0.331 e. The Balaban J connectivity index is 1.50. The molecule has 10 heteroatoms. The molecule has 0 atom stereocenters. The van der Waals surface area contributed by atoms with Crippen molar-refractivity contribution in [2.75, 3.05) is 26.2 Å². The molecule has 31 heavy (non-hydrogen) atoms. The summed E-state index contributed by atoms with van der Waals surface area (Å²) < 4.78 is 7.47. The number of hydrogen-bond acceptors (Lipinski definition) is 6. The summed E-state index contributed by atoms with van der Waals surface area (Å²) in [6, 6.07) is 5.16. The molecule has 2 aliphatic heterocycles. The first-order valence-corrected chi connectivity index (χ1v) is 10.4. The fraction of sp³-hybridized carbons (Fsp3) is 0.476. The van der Waals surface area contributed by atoms with Gasteiger partial charge in [-0.25, -0.2) is 9.36 Å².